The highest BCUT2D eigenvalue weighted by Crippen LogP contribution is 2.38. The molecule has 2 amide bonds. The summed E-state index contributed by atoms with van der Waals surface area (Å²) in [6, 6.07) is -0.265. The van der Waals surface area contributed by atoms with E-state index in [2.05, 4.69) is 5.32 Å². The molecule has 2 saturated carbocycles. The number of piperazine rings is 1. The smallest absolute Gasteiger partial charge is 0.249 e. The minimum absolute atomic E-state index is 0.0668. The molecule has 3 rings (SSSR count). The summed E-state index contributed by atoms with van der Waals surface area (Å²) < 4.78 is 0. The van der Waals surface area contributed by atoms with Crippen LogP contribution < -0.4 is 5.32 Å². The zero-order valence-corrected chi connectivity index (χ0v) is 11.9. The van der Waals surface area contributed by atoms with Crippen molar-refractivity contribution in [3.63, 3.8) is 0 Å². The second-order valence-electron chi connectivity index (χ2n) is 6.87. The van der Waals surface area contributed by atoms with Crippen LogP contribution in [0.2, 0.25) is 0 Å². The Morgan fingerprint density at radius 1 is 1.26 bits per heavy atom. The molecule has 1 heterocycles. The first kappa shape index (κ1) is 12.9. The Kier molecular flexibility index (Phi) is 3.06. The van der Waals surface area contributed by atoms with E-state index in [-0.39, 0.29) is 23.8 Å². The van der Waals surface area contributed by atoms with Gasteiger partial charge in [-0.1, -0.05) is 26.7 Å². The number of nitrogens with zero attached hydrogens (tertiary/aromatic N) is 1. The summed E-state index contributed by atoms with van der Waals surface area (Å²) in [6.45, 7) is 4.85. The van der Waals surface area contributed by atoms with Crippen molar-refractivity contribution in [2.45, 2.75) is 64.0 Å². The molecule has 2 aliphatic carbocycles. The van der Waals surface area contributed by atoms with Crippen molar-refractivity contribution in [3.8, 4) is 0 Å². The van der Waals surface area contributed by atoms with Crippen LogP contribution in [-0.2, 0) is 9.59 Å². The lowest BCUT2D eigenvalue weighted by Gasteiger charge is -2.46. The van der Waals surface area contributed by atoms with Gasteiger partial charge in [0.2, 0.25) is 11.8 Å². The van der Waals surface area contributed by atoms with E-state index < -0.39 is 5.54 Å². The molecule has 1 N–H and O–H groups in total. The number of hydrogen-bond acceptors (Lipinski definition) is 2. The Morgan fingerprint density at radius 3 is 2.42 bits per heavy atom. The maximum Gasteiger partial charge on any atom is 0.249 e. The lowest BCUT2D eigenvalue weighted by atomic mass is 9.87. The fourth-order valence-electron chi connectivity index (χ4n) is 3.66. The first-order valence-electron chi connectivity index (χ1n) is 7.66. The van der Waals surface area contributed by atoms with Gasteiger partial charge in [-0.15, -0.1) is 0 Å². The Balaban J connectivity index is 1.88. The van der Waals surface area contributed by atoms with Gasteiger partial charge < -0.3 is 10.2 Å². The molecule has 0 radical (unpaired) electrons. The van der Waals surface area contributed by atoms with E-state index in [1.54, 1.807) is 0 Å². The molecule has 106 valence electrons. The van der Waals surface area contributed by atoms with Gasteiger partial charge in [0.25, 0.3) is 0 Å². The third-order valence-electron chi connectivity index (χ3n) is 4.88. The maximum absolute atomic E-state index is 12.9. The molecule has 3 fully saturated rings. The number of amides is 2. The molecule has 3 aliphatic rings. The van der Waals surface area contributed by atoms with E-state index in [1.165, 1.54) is 12.8 Å². The monoisotopic (exact) mass is 264 g/mol. The van der Waals surface area contributed by atoms with Gasteiger partial charge in [-0.05, 0) is 37.5 Å². The van der Waals surface area contributed by atoms with Gasteiger partial charge in [0.15, 0.2) is 0 Å². The molecule has 0 aromatic heterocycles. The zero-order valence-electron chi connectivity index (χ0n) is 11.9. The van der Waals surface area contributed by atoms with Crippen molar-refractivity contribution in [1.29, 1.82) is 0 Å². The number of carbonyl (C=O) groups is 2. The lowest BCUT2D eigenvalue weighted by Crippen LogP contribution is -2.70. The SMILES string of the molecule is CC(C)C1C(=O)NC2(CCCC2)C(=O)N1CC1CC1. The normalized spacial score (nSPS) is 30.3. The Hall–Kier alpha value is -1.06. The highest BCUT2D eigenvalue weighted by Gasteiger charge is 2.53. The van der Waals surface area contributed by atoms with E-state index >= 15 is 0 Å². The summed E-state index contributed by atoms with van der Waals surface area (Å²) in [4.78, 5) is 27.2. The third-order valence-corrected chi connectivity index (χ3v) is 4.88. The molecule has 0 aromatic rings. The van der Waals surface area contributed by atoms with E-state index in [9.17, 15) is 9.59 Å². The van der Waals surface area contributed by atoms with E-state index in [0.29, 0.717) is 5.92 Å². The zero-order chi connectivity index (χ0) is 13.6. The molecule has 0 aromatic carbocycles. The topological polar surface area (TPSA) is 49.4 Å². The average molecular weight is 264 g/mol. The van der Waals surface area contributed by atoms with Crippen LogP contribution in [0.5, 0.6) is 0 Å². The molecule has 1 spiro atoms. The van der Waals surface area contributed by atoms with Gasteiger partial charge in [0.1, 0.15) is 11.6 Å². The van der Waals surface area contributed by atoms with Crippen LogP contribution in [0.25, 0.3) is 0 Å². The summed E-state index contributed by atoms with van der Waals surface area (Å²) in [7, 11) is 0. The molecule has 0 bridgehead atoms. The third kappa shape index (κ3) is 2.15. The average Bonchev–Trinajstić information content (AvgIpc) is 3.04. The number of hydrogen-bond donors (Lipinski definition) is 1. The van der Waals surface area contributed by atoms with Gasteiger partial charge in [0, 0.05) is 6.54 Å². The lowest BCUT2D eigenvalue weighted by molar-refractivity contribution is -0.157. The molecule has 4 heteroatoms. The summed E-state index contributed by atoms with van der Waals surface area (Å²) in [5.41, 5.74) is -0.558. The van der Waals surface area contributed by atoms with Crippen LogP contribution in [0.1, 0.15) is 52.4 Å². The summed E-state index contributed by atoms with van der Waals surface area (Å²) >= 11 is 0. The standard InChI is InChI=1S/C15H24N2O2/c1-10(2)12-13(18)16-15(7-3-4-8-15)14(19)17(12)9-11-5-6-11/h10-12H,3-9H2,1-2H3,(H,16,18). The van der Waals surface area contributed by atoms with Gasteiger partial charge in [-0.2, -0.15) is 0 Å². The fraction of sp³-hybridized carbons (Fsp3) is 0.867. The quantitative estimate of drug-likeness (QED) is 0.843. The maximum atomic E-state index is 12.9. The summed E-state index contributed by atoms with van der Waals surface area (Å²) in [5.74, 6) is 1.07. The summed E-state index contributed by atoms with van der Waals surface area (Å²) in [6.07, 6.45) is 6.17. The molecule has 1 unspecified atom stereocenters. The summed E-state index contributed by atoms with van der Waals surface area (Å²) in [5, 5.41) is 3.07. The molecule has 1 atom stereocenters. The Bertz CT molecular complexity index is 395. The highest BCUT2D eigenvalue weighted by atomic mass is 16.2. The Labute approximate surface area is 114 Å². The predicted octanol–water partition coefficient (Wildman–Crippen LogP) is 1.69. The number of rotatable bonds is 3. The molecule has 1 saturated heterocycles. The van der Waals surface area contributed by atoms with Crippen LogP contribution in [0.4, 0.5) is 0 Å². The first-order chi connectivity index (χ1) is 9.03. The van der Waals surface area contributed by atoms with E-state index in [0.717, 1.165) is 32.2 Å². The van der Waals surface area contributed by atoms with Crippen molar-refractivity contribution < 1.29 is 9.59 Å². The van der Waals surface area contributed by atoms with Gasteiger partial charge >= 0.3 is 0 Å². The second kappa shape index (κ2) is 4.50. The fourth-order valence-corrected chi connectivity index (χ4v) is 3.66. The van der Waals surface area contributed by atoms with Crippen LogP contribution in [0.3, 0.4) is 0 Å². The van der Waals surface area contributed by atoms with Crippen molar-refractivity contribution in [2.24, 2.45) is 11.8 Å². The van der Waals surface area contributed by atoms with Crippen LogP contribution in [-0.4, -0.2) is 34.8 Å². The van der Waals surface area contributed by atoms with Crippen molar-refractivity contribution in [1.82, 2.24) is 10.2 Å². The molecule has 19 heavy (non-hydrogen) atoms. The largest absolute Gasteiger partial charge is 0.340 e. The Morgan fingerprint density at radius 2 is 1.89 bits per heavy atom. The highest BCUT2D eigenvalue weighted by molar-refractivity contribution is 6.00. The van der Waals surface area contributed by atoms with Crippen molar-refractivity contribution in [2.75, 3.05) is 6.54 Å². The van der Waals surface area contributed by atoms with Crippen LogP contribution in [0, 0.1) is 11.8 Å². The second-order valence-corrected chi connectivity index (χ2v) is 6.87. The molecule has 1 aliphatic heterocycles. The minimum Gasteiger partial charge on any atom is -0.340 e. The number of carbonyl (C=O) groups excluding carboxylic acids is 2. The van der Waals surface area contributed by atoms with Gasteiger partial charge in [-0.3, -0.25) is 9.59 Å². The number of nitrogens with one attached hydrogen (secondary N) is 1. The molecular weight excluding hydrogens is 240 g/mol. The predicted molar refractivity (Wildman–Crippen MR) is 72.4 cm³/mol. The van der Waals surface area contributed by atoms with Crippen molar-refractivity contribution in [3.05, 3.63) is 0 Å². The first-order valence-corrected chi connectivity index (χ1v) is 7.66. The van der Waals surface area contributed by atoms with E-state index in [4.69, 9.17) is 0 Å². The van der Waals surface area contributed by atoms with E-state index in [1.807, 2.05) is 18.7 Å². The van der Waals surface area contributed by atoms with Crippen molar-refractivity contribution >= 4 is 11.8 Å². The minimum atomic E-state index is -0.558. The molecular formula is C15H24N2O2. The molecule has 4 nitrogen and oxygen atoms in total. The van der Waals surface area contributed by atoms with Gasteiger partial charge in [-0.25, -0.2) is 0 Å². The van der Waals surface area contributed by atoms with Gasteiger partial charge in [0.05, 0.1) is 0 Å². The van der Waals surface area contributed by atoms with Crippen LogP contribution in [0.15, 0.2) is 0 Å². The van der Waals surface area contributed by atoms with Crippen LogP contribution >= 0.6 is 0 Å².